The van der Waals surface area contributed by atoms with Crippen LogP contribution in [0.15, 0.2) is 4.99 Å². The number of aliphatic imine (C=N–C) groups is 1. The SMILES string of the molecule is CN=C(NCCc1sc(C)nc1C)NCCN1CCCCC1.I. The average molecular weight is 451 g/mol. The Morgan fingerprint density at radius 3 is 2.48 bits per heavy atom. The van der Waals surface area contributed by atoms with Crippen LogP contribution in [0.2, 0.25) is 0 Å². The van der Waals surface area contributed by atoms with E-state index in [9.17, 15) is 0 Å². The zero-order valence-corrected chi connectivity index (χ0v) is 17.7. The fourth-order valence-corrected chi connectivity index (χ4v) is 3.77. The highest BCUT2D eigenvalue weighted by molar-refractivity contribution is 14.0. The Labute approximate surface area is 161 Å². The molecule has 7 heteroatoms. The van der Waals surface area contributed by atoms with Crippen LogP contribution in [0.25, 0.3) is 0 Å². The van der Waals surface area contributed by atoms with Gasteiger partial charge in [0, 0.05) is 38.0 Å². The Kier molecular flexibility index (Phi) is 10.0. The highest BCUT2D eigenvalue weighted by atomic mass is 127. The van der Waals surface area contributed by atoms with Crippen molar-refractivity contribution in [3.63, 3.8) is 0 Å². The van der Waals surface area contributed by atoms with Crippen LogP contribution in [0.1, 0.15) is 34.8 Å². The summed E-state index contributed by atoms with van der Waals surface area (Å²) in [6, 6.07) is 0. The normalized spacial score (nSPS) is 16.0. The Morgan fingerprint density at radius 1 is 1.17 bits per heavy atom. The Morgan fingerprint density at radius 2 is 1.87 bits per heavy atom. The van der Waals surface area contributed by atoms with Gasteiger partial charge in [0.05, 0.1) is 10.7 Å². The van der Waals surface area contributed by atoms with Gasteiger partial charge in [0.1, 0.15) is 0 Å². The van der Waals surface area contributed by atoms with E-state index in [2.05, 4.69) is 39.4 Å². The van der Waals surface area contributed by atoms with Crippen molar-refractivity contribution in [1.82, 2.24) is 20.5 Å². The van der Waals surface area contributed by atoms with E-state index in [1.807, 2.05) is 7.05 Å². The third kappa shape index (κ3) is 7.34. The largest absolute Gasteiger partial charge is 0.356 e. The zero-order valence-electron chi connectivity index (χ0n) is 14.5. The smallest absolute Gasteiger partial charge is 0.191 e. The zero-order chi connectivity index (χ0) is 15.8. The Bertz CT molecular complexity index is 483. The van der Waals surface area contributed by atoms with Gasteiger partial charge in [0.2, 0.25) is 0 Å². The summed E-state index contributed by atoms with van der Waals surface area (Å²) in [7, 11) is 1.83. The molecule has 0 aliphatic carbocycles. The molecule has 0 atom stereocenters. The van der Waals surface area contributed by atoms with Crippen LogP contribution in [0, 0.1) is 13.8 Å². The Balaban J connectivity index is 0.00000264. The summed E-state index contributed by atoms with van der Waals surface area (Å²) < 4.78 is 0. The van der Waals surface area contributed by atoms with Crippen molar-refractivity contribution in [1.29, 1.82) is 0 Å². The van der Waals surface area contributed by atoms with Crippen LogP contribution in [-0.4, -0.2) is 55.6 Å². The van der Waals surface area contributed by atoms with Crippen molar-refractivity contribution in [3.8, 4) is 0 Å². The van der Waals surface area contributed by atoms with Gasteiger partial charge in [0.15, 0.2) is 5.96 Å². The van der Waals surface area contributed by atoms with Gasteiger partial charge >= 0.3 is 0 Å². The molecule has 1 fully saturated rings. The van der Waals surface area contributed by atoms with Crippen LogP contribution < -0.4 is 10.6 Å². The minimum absolute atomic E-state index is 0. The molecule has 0 unspecified atom stereocenters. The maximum atomic E-state index is 4.47. The molecule has 1 aromatic heterocycles. The first-order chi connectivity index (χ1) is 10.7. The summed E-state index contributed by atoms with van der Waals surface area (Å²) in [5.74, 6) is 0.899. The first kappa shape index (κ1) is 20.6. The lowest BCUT2D eigenvalue weighted by molar-refractivity contribution is 0.232. The minimum Gasteiger partial charge on any atom is -0.356 e. The lowest BCUT2D eigenvalue weighted by atomic mass is 10.1. The van der Waals surface area contributed by atoms with E-state index in [0.717, 1.165) is 42.7 Å². The quantitative estimate of drug-likeness (QED) is 0.397. The average Bonchev–Trinajstić information content (AvgIpc) is 2.84. The van der Waals surface area contributed by atoms with E-state index in [1.54, 1.807) is 11.3 Å². The number of piperidine rings is 1. The molecule has 2 heterocycles. The molecule has 0 amide bonds. The number of hydrogen-bond acceptors (Lipinski definition) is 4. The van der Waals surface area contributed by atoms with E-state index in [4.69, 9.17) is 0 Å². The lowest BCUT2D eigenvalue weighted by Crippen LogP contribution is -2.43. The van der Waals surface area contributed by atoms with Crippen molar-refractivity contribution < 1.29 is 0 Å². The van der Waals surface area contributed by atoms with E-state index in [0.29, 0.717) is 0 Å². The van der Waals surface area contributed by atoms with Gasteiger partial charge in [-0.25, -0.2) is 4.98 Å². The van der Waals surface area contributed by atoms with Crippen LogP contribution in [0.5, 0.6) is 0 Å². The molecule has 132 valence electrons. The molecule has 23 heavy (non-hydrogen) atoms. The van der Waals surface area contributed by atoms with Crippen LogP contribution in [-0.2, 0) is 6.42 Å². The van der Waals surface area contributed by atoms with Crippen molar-refractivity contribution in [3.05, 3.63) is 15.6 Å². The van der Waals surface area contributed by atoms with Gasteiger partial charge in [-0.05, 0) is 39.8 Å². The van der Waals surface area contributed by atoms with Crippen LogP contribution in [0.4, 0.5) is 0 Å². The molecule has 1 aliphatic heterocycles. The van der Waals surface area contributed by atoms with Crippen LogP contribution in [0.3, 0.4) is 0 Å². The summed E-state index contributed by atoms with van der Waals surface area (Å²) in [4.78, 5) is 12.7. The molecule has 1 saturated heterocycles. The fraction of sp³-hybridized carbons (Fsp3) is 0.750. The van der Waals surface area contributed by atoms with E-state index < -0.39 is 0 Å². The third-order valence-electron chi connectivity index (χ3n) is 4.04. The second-order valence-electron chi connectivity index (χ2n) is 5.82. The summed E-state index contributed by atoms with van der Waals surface area (Å²) in [6.45, 7) is 9.60. The monoisotopic (exact) mass is 451 g/mol. The van der Waals surface area contributed by atoms with Gasteiger partial charge < -0.3 is 15.5 Å². The Hall–Kier alpha value is -0.410. The molecule has 1 aliphatic rings. The number of halogens is 1. The molecular weight excluding hydrogens is 421 g/mol. The molecule has 5 nitrogen and oxygen atoms in total. The second-order valence-corrected chi connectivity index (χ2v) is 7.11. The predicted octanol–water partition coefficient (Wildman–Crippen LogP) is 2.57. The number of nitrogens with one attached hydrogen (secondary N) is 2. The number of likely N-dealkylation sites (tertiary alicyclic amines) is 1. The van der Waals surface area contributed by atoms with E-state index in [-0.39, 0.29) is 24.0 Å². The first-order valence-corrected chi connectivity index (χ1v) is 9.10. The van der Waals surface area contributed by atoms with E-state index in [1.165, 1.54) is 37.2 Å². The maximum absolute atomic E-state index is 4.47. The predicted molar refractivity (Wildman–Crippen MR) is 110 cm³/mol. The van der Waals surface area contributed by atoms with Crippen molar-refractivity contribution >= 4 is 41.3 Å². The number of thiazole rings is 1. The summed E-state index contributed by atoms with van der Waals surface area (Å²) in [5, 5.41) is 7.95. The van der Waals surface area contributed by atoms with Crippen molar-refractivity contribution in [2.75, 3.05) is 39.8 Å². The van der Waals surface area contributed by atoms with Gasteiger partial charge in [-0.1, -0.05) is 6.42 Å². The molecule has 0 radical (unpaired) electrons. The number of aromatic nitrogens is 1. The summed E-state index contributed by atoms with van der Waals surface area (Å²) in [5.41, 5.74) is 1.16. The minimum atomic E-state index is 0. The standard InChI is InChI=1S/C16H29N5S.HI/c1-13-15(22-14(2)20-13)7-8-18-16(17-3)19-9-12-21-10-5-4-6-11-21;/h4-12H2,1-3H3,(H2,17,18,19);1H. The molecule has 0 saturated carbocycles. The molecule has 0 spiro atoms. The summed E-state index contributed by atoms with van der Waals surface area (Å²) >= 11 is 1.79. The number of rotatable bonds is 6. The van der Waals surface area contributed by atoms with Gasteiger partial charge in [0.25, 0.3) is 0 Å². The lowest BCUT2D eigenvalue weighted by Gasteiger charge is -2.26. The second kappa shape index (κ2) is 11.2. The van der Waals surface area contributed by atoms with Gasteiger partial charge in [-0.15, -0.1) is 35.3 Å². The molecule has 1 aromatic rings. The number of nitrogens with zero attached hydrogens (tertiary/aromatic N) is 3. The molecule has 2 N–H and O–H groups in total. The molecule has 0 bridgehead atoms. The maximum Gasteiger partial charge on any atom is 0.191 e. The number of aryl methyl sites for hydroxylation is 2. The highest BCUT2D eigenvalue weighted by Gasteiger charge is 2.09. The van der Waals surface area contributed by atoms with Gasteiger partial charge in [-0.2, -0.15) is 0 Å². The fourth-order valence-electron chi connectivity index (χ4n) is 2.84. The van der Waals surface area contributed by atoms with Crippen molar-refractivity contribution in [2.24, 2.45) is 4.99 Å². The van der Waals surface area contributed by atoms with E-state index >= 15 is 0 Å². The van der Waals surface area contributed by atoms with Crippen LogP contribution >= 0.6 is 35.3 Å². The number of hydrogen-bond donors (Lipinski definition) is 2. The molecule has 2 rings (SSSR count). The molecule has 0 aromatic carbocycles. The molecular formula is C16H30IN5S. The highest BCUT2D eigenvalue weighted by Crippen LogP contribution is 2.16. The van der Waals surface area contributed by atoms with Gasteiger partial charge in [-0.3, -0.25) is 4.99 Å². The first-order valence-electron chi connectivity index (χ1n) is 8.29. The number of guanidine groups is 1. The summed E-state index contributed by atoms with van der Waals surface area (Å²) in [6.07, 6.45) is 5.09. The topological polar surface area (TPSA) is 52.6 Å². The van der Waals surface area contributed by atoms with Crippen molar-refractivity contribution in [2.45, 2.75) is 39.5 Å². The third-order valence-corrected chi connectivity index (χ3v) is 5.17.